The lowest BCUT2D eigenvalue weighted by Crippen LogP contribution is -2.41. The Labute approximate surface area is 178 Å². The lowest BCUT2D eigenvalue weighted by atomic mass is 9.78. The van der Waals surface area contributed by atoms with E-state index >= 15 is 0 Å². The van der Waals surface area contributed by atoms with Gasteiger partial charge in [-0.05, 0) is 56.9 Å². The van der Waals surface area contributed by atoms with Crippen LogP contribution in [0, 0.1) is 0 Å². The highest BCUT2D eigenvalue weighted by molar-refractivity contribution is 7.90. The van der Waals surface area contributed by atoms with Gasteiger partial charge in [-0.25, -0.2) is 8.42 Å². The maximum absolute atomic E-state index is 12.6. The van der Waals surface area contributed by atoms with E-state index in [2.05, 4.69) is 33.9 Å². The molecule has 0 spiro atoms. The minimum absolute atomic E-state index is 0.0127. The fourth-order valence-electron chi connectivity index (χ4n) is 2.78. The van der Waals surface area contributed by atoms with E-state index in [1.807, 2.05) is 52.0 Å². The van der Waals surface area contributed by atoms with Gasteiger partial charge in [-0.15, -0.1) is 0 Å². The van der Waals surface area contributed by atoms with Crippen molar-refractivity contribution in [2.75, 3.05) is 12.4 Å². The highest BCUT2D eigenvalue weighted by Crippen LogP contribution is 2.37. The van der Waals surface area contributed by atoms with Crippen molar-refractivity contribution in [1.29, 1.82) is 0 Å². The van der Waals surface area contributed by atoms with Crippen molar-refractivity contribution >= 4 is 30.7 Å². The average molecular weight is 440 g/mol. The van der Waals surface area contributed by atoms with Gasteiger partial charge >= 0.3 is 7.12 Å². The van der Waals surface area contributed by atoms with Crippen LogP contribution in [0.3, 0.4) is 0 Å². The molecule has 0 unspecified atom stereocenters. The van der Waals surface area contributed by atoms with Crippen LogP contribution in [0.25, 0.3) is 0 Å². The van der Waals surface area contributed by atoms with Crippen molar-refractivity contribution in [2.45, 2.75) is 83.6 Å². The molecule has 0 aromatic heterocycles. The zero-order chi connectivity index (χ0) is 22.3. The first-order valence-corrected chi connectivity index (χ1v) is 15.0. The molecule has 1 aliphatic rings. The Hall–Kier alpha value is -0.668. The molecule has 29 heavy (non-hydrogen) atoms. The van der Waals surface area contributed by atoms with Crippen molar-refractivity contribution in [2.24, 2.45) is 0 Å². The second-order valence-corrected chi connectivity index (χ2v) is 17.5. The molecule has 164 valence electrons. The third-order valence-corrected chi connectivity index (χ3v) is 12.6. The van der Waals surface area contributed by atoms with Gasteiger partial charge in [-0.1, -0.05) is 45.0 Å². The topological polar surface area (TPSA) is 61.8 Å². The van der Waals surface area contributed by atoms with Crippen LogP contribution in [-0.2, 0) is 29.3 Å². The third kappa shape index (κ3) is 5.94. The Morgan fingerprint density at radius 3 is 2.14 bits per heavy atom. The molecule has 0 aliphatic carbocycles. The molecule has 5 nitrogen and oxygen atoms in total. The molecular weight excluding hydrogens is 403 g/mol. The predicted octanol–water partition coefficient (Wildman–Crippen LogP) is 3.92. The van der Waals surface area contributed by atoms with Crippen LogP contribution in [0.15, 0.2) is 24.3 Å². The molecule has 0 saturated carbocycles. The van der Waals surface area contributed by atoms with E-state index < -0.39 is 36.5 Å². The first-order chi connectivity index (χ1) is 13.0. The first kappa shape index (κ1) is 24.6. The molecule has 1 saturated heterocycles. The van der Waals surface area contributed by atoms with Crippen molar-refractivity contribution in [3.8, 4) is 0 Å². The van der Waals surface area contributed by atoms with Crippen LogP contribution < -0.4 is 5.46 Å². The van der Waals surface area contributed by atoms with Crippen molar-refractivity contribution < 1.29 is 22.2 Å². The fourth-order valence-corrected chi connectivity index (χ4v) is 5.14. The minimum Gasteiger partial charge on any atom is -0.416 e. The number of rotatable bonds is 7. The predicted molar refractivity (Wildman–Crippen MR) is 123 cm³/mol. The zero-order valence-corrected chi connectivity index (χ0v) is 21.3. The Morgan fingerprint density at radius 1 is 1.07 bits per heavy atom. The fraction of sp³-hybridized carbons (Fsp3) is 0.714. The minimum atomic E-state index is -3.27. The summed E-state index contributed by atoms with van der Waals surface area (Å²) in [5, 5.41) is 0.0634. The van der Waals surface area contributed by atoms with E-state index in [1.165, 1.54) is 0 Å². The van der Waals surface area contributed by atoms with Gasteiger partial charge in [0, 0.05) is 6.61 Å². The van der Waals surface area contributed by atoms with E-state index in [1.54, 1.807) is 0 Å². The van der Waals surface area contributed by atoms with Gasteiger partial charge in [0.25, 0.3) is 0 Å². The van der Waals surface area contributed by atoms with Gasteiger partial charge in [-0.3, -0.25) is 0 Å². The summed E-state index contributed by atoms with van der Waals surface area (Å²) in [4.78, 5) is 0. The molecule has 0 bridgehead atoms. The molecule has 1 fully saturated rings. The van der Waals surface area contributed by atoms with Crippen LogP contribution in [0.2, 0.25) is 18.1 Å². The molecule has 0 N–H and O–H groups in total. The van der Waals surface area contributed by atoms with E-state index in [0.717, 1.165) is 11.0 Å². The molecule has 0 atom stereocenters. The molecular formula is C21H37BO5SSi. The number of hydrogen-bond acceptors (Lipinski definition) is 5. The maximum Gasteiger partial charge on any atom is 0.494 e. The summed E-state index contributed by atoms with van der Waals surface area (Å²) in [6, 6.07) is 7.48. The Morgan fingerprint density at radius 2 is 1.62 bits per heavy atom. The number of hydrogen-bond donors (Lipinski definition) is 0. The van der Waals surface area contributed by atoms with Crippen LogP contribution >= 0.6 is 0 Å². The molecule has 2 rings (SSSR count). The van der Waals surface area contributed by atoms with Crippen molar-refractivity contribution in [1.82, 2.24) is 0 Å². The van der Waals surface area contributed by atoms with Crippen LogP contribution in [-0.4, -0.2) is 47.4 Å². The summed E-state index contributed by atoms with van der Waals surface area (Å²) in [6.07, 6.45) is 0. The average Bonchev–Trinajstić information content (AvgIpc) is 2.73. The zero-order valence-electron chi connectivity index (χ0n) is 19.5. The second kappa shape index (κ2) is 8.11. The Kier molecular flexibility index (Phi) is 6.88. The Bertz CT molecular complexity index is 812. The highest BCUT2D eigenvalue weighted by Gasteiger charge is 2.51. The van der Waals surface area contributed by atoms with Gasteiger partial charge in [0.15, 0.2) is 18.2 Å². The van der Waals surface area contributed by atoms with Gasteiger partial charge in [-0.2, -0.15) is 0 Å². The highest BCUT2D eigenvalue weighted by atomic mass is 32.2. The largest absolute Gasteiger partial charge is 0.494 e. The van der Waals surface area contributed by atoms with E-state index in [4.69, 9.17) is 13.7 Å². The lowest BCUT2D eigenvalue weighted by molar-refractivity contribution is 0.00578. The summed E-state index contributed by atoms with van der Waals surface area (Å²) in [5.41, 5.74) is 0.722. The monoisotopic (exact) mass is 440 g/mol. The standard InChI is InChI=1S/C21H37BO5SSi/c1-19(2,3)29(8,9)25-13-14-28(23,24)16-17-11-10-12-18(15-17)22-26-20(4,5)21(6,7)27-22/h10-12,15H,13-14,16H2,1-9H3. The quantitative estimate of drug-likeness (QED) is 0.602. The molecule has 1 aliphatic heterocycles. The number of benzene rings is 1. The summed E-state index contributed by atoms with van der Waals surface area (Å²) >= 11 is 0. The van der Waals surface area contributed by atoms with Gasteiger partial charge < -0.3 is 13.7 Å². The molecule has 0 amide bonds. The Balaban J connectivity index is 2.03. The van der Waals surface area contributed by atoms with E-state index in [0.29, 0.717) is 0 Å². The number of sulfone groups is 1. The molecule has 0 radical (unpaired) electrons. The van der Waals surface area contributed by atoms with Crippen LogP contribution in [0.1, 0.15) is 54.0 Å². The summed E-state index contributed by atoms with van der Waals surface area (Å²) < 4.78 is 43.5. The van der Waals surface area contributed by atoms with Gasteiger partial charge in [0.2, 0.25) is 0 Å². The third-order valence-electron chi connectivity index (χ3n) is 6.53. The summed E-state index contributed by atoms with van der Waals surface area (Å²) in [5.74, 6) is 0.0153. The lowest BCUT2D eigenvalue weighted by Gasteiger charge is -2.36. The molecule has 1 heterocycles. The van der Waals surface area contributed by atoms with Crippen molar-refractivity contribution in [3.05, 3.63) is 29.8 Å². The van der Waals surface area contributed by atoms with E-state index in [9.17, 15) is 8.42 Å². The van der Waals surface area contributed by atoms with Crippen LogP contribution in [0.5, 0.6) is 0 Å². The SMILES string of the molecule is CC1(C)OB(c2cccc(CS(=O)(=O)CCO[Si](C)(C)C(C)(C)C)c2)OC1(C)C. The molecule has 1 aromatic carbocycles. The maximum atomic E-state index is 12.6. The summed E-state index contributed by atoms with van der Waals surface area (Å²) in [6.45, 7) is 19.0. The van der Waals surface area contributed by atoms with Crippen LogP contribution in [0.4, 0.5) is 0 Å². The van der Waals surface area contributed by atoms with E-state index in [-0.39, 0.29) is 23.2 Å². The van der Waals surface area contributed by atoms with Gasteiger partial charge in [0.05, 0.1) is 22.7 Å². The first-order valence-electron chi connectivity index (χ1n) is 10.2. The molecule has 8 heteroatoms. The van der Waals surface area contributed by atoms with Gasteiger partial charge in [0.1, 0.15) is 0 Å². The molecule has 1 aromatic rings. The smallest absolute Gasteiger partial charge is 0.416 e. The summed E-state index contributed by atoms with van der Waals surface area (Å²) in [7, 11) is -5.72. The normalized spacial score (nSPS) is 19.6. The van der Waals surface area contributed by atoms with Crippen molar-refractivity contribution in [3.63, 3.8) is 0 Å². The second-order valence-electron chi connectivity index (χ2n) is 10.5.